The van der Waals surface area contributed by atoms with Gasteiger partial charge in [-0.05, 0) is 0 Å². The van der Waals surface area contributed by atoms with Crippen LogP contribution < -0.4 is 4.46 Å². The Labute approximate surface area is 123 Å². The molecule has 1 aromatic rings. The van der Waals surface area contributed by atoms with Crippen molar-refractivity contribution in [3.63, 3.8) is 0 Å². The first-order chi connectivity index (χ1) is 9.10. The molecule has 0 aliphatic rings. The number of ether oxygens (including phenoxy) is 2. The molecule has 3 nitrogen and oxygen atoms in total. The van der Waals surface area contributed by atoms with Gasteiger partial charge in [0, 0.05) is 0 Å². The summed E-state index contributed by atoms with van der Waals surface area (Å²) in [5, 5.41) is 0.953. The molecule has 0 bridgehead atoms. The first-order valence-electron chi connectivity index (χ1n) is 6.62. The monoisotopic (exact) mass is 331 g/mol. The van der Waals surface area contributed by atoms with E-state index in [-0.39, 0.29) is 6.29 Å². The number of hydrogen-bond acceptors (Lipinski definition) is 3. The van der Waals surface area contributed by atoms with Crippen LogP contribution in [0.2, 0.25) is 5.32 Å². The van der Waals surface area contributed by atoms with Gasteiger partial charge in [0.05, 0.1) is 0 Å². The molecule has 0 saturated carbocycles. The quantitative estimate of drug-likeness (QED) is 0.538. The third kappa shape index (κ3) is 5.25. The fraction of sp³-hybridized carbons (Fsp3) is 0.600. The summed E-state index contributed by atoms with van der Waals surface area (Å²) < 4.78 is 12.3. The molecule has 0 radical (unpaired) electrons. The summed E-state index contributed by atoms with van der Waals surface area (Å²) >= 11 is 0.372. The fourth-order valence-electron chi connectivity index (χ4n) is 1.76. The van der Waals surface area contributed by atoms with E-state index in [1.54, 1.807) is 7.11 Å². The van der Waals surface area contributed by atoms with Crippen LogP contribution in [0.25, 0.3) is 0 Å². The molecule has 0 amide bonds. The van der Waals surface area contributed by atoms with E-state index in [1.165, 1.54) is 10.0 Å². The summed E-state index contributed by atoms with van der Waals surface area (Å²) in [6.45, 7) is 4.94. The maximum absolute atomic E-state index is 5.54. The second-order valence-corrected chi connectivity index (χ2v) is 6.84. The van der Waals surface area contributed by atoms with Gasteiger partial charge in [-0.3, -0.25) is 0 Å². The number of hydrogen-bond donors (Lipinski definition) is 0. The Kier molecular flexibility index (Phi) is 7.66. The van der Waals surface area contributed by atoms with Crippen molar-refractivity contribution in [3.8, 4) is 0 Å². The van der Waals surface area contributed by atoms with Gasteiger partial charge in [0.1, 0.15) is 0 Å². The molecule has 0 fully saturated rings. The Morgan fingerprint density at radius 3 is 2.53 bits per heavy atom. The van der Waals surface area contributed by atoms with Crippen LogP contribution in [0.1, 0.15) is 25.5 Å². The molecule has 0 aliphatic heterocycles. The fourth-order valence-corrected chi connectivity index (χ4v) is 4.13. The Bertz CT molecular complexity index is 371. The van der Waals surface area contributed by atoms with Crippen LogP contribution in [-0.4, -0.2) is 54.0 Å². The molecule has 0 saturated heterocycles. The van der Waals surface area contributed by atoms with Gasteiger partial charge in [-0.15, -0.1) is 0 Å². The van der Waals surface area contributed by atoms with Crippen molar-refractivity contribution in [1.82, 2.24) is 4.90 Å². The second-order valence-electron chi connectivity index (χ2n) is 4.61. The Hall–Kier alpha value is -0.381. The van der Waals surface area contributed by atoms with E-state index in [1.807, 2.05) is 6.92 Å². The molecule has 0 aliphatic carbocycles. The molecule has 19 heavy (non-hydrogen) atoms. The molecular weight excluding hydrogens is 305 g/mol. The summed E-state index contributed by atoms with van der Waals surface area (Å²) in [6.07, 6.45) is -0.0762. The number of rotatable bonds is 8. The third-order valence-corrected chi connectivity index (χ3v) is 5.49. The predicted octanol–water partition coefficient (Wildman–Crippen LogP) is 2.07. The molecule has 0 heterocycles. The van der Waals surface area contributed by atoms with Crippen molar-refractivity contribution in [1.29, 1.82) is 0 Å². The molecule has 0 spiro atoms. The van der Waals surface area contributed by atoms with E-state index in [0.29, 0.717) is 27.6 Å². The number of methoxy groups -OCH3 is 1. The molecule has 0 aromatic heterocycles. The summed E-state index contributed by atoms with van der Waals surface area (Å²) in [4.78, 5) is 2.24. The first kappa shape index (κ1) is 16.7. The van der Waals surface area contributed by atoms with Crippen LogP contribution in [0.15, 0.2) is 24.3 Å². The van der Waals surface area contributed by atoms with Crippen molar-refractivity contribution < 1.29 is 9.47 Å². The molecule has 0 unspecified atom stereocenters. The van der Waals surface area contributed by atoms with E-state index in [2.05, 4.69) is 50.2 Å². The molecular formula is C15H25NO2Se. The van der Waals surface area contributed by atoms with Gasteiger partial charge in [0.25, 0.3) is 0 Å². The van der Waals surface area contributed by atoms with Crippen LogP contribution >= 0.6 is 0 Å². The third-order valence-electron chi connectivity index (χ3n) is 3.13. The van der Waals surface area contributed by atoms with Gasteiger partial charge in [0.15, 0.2) is 0 Å². The molecule has 2 atom stereocenters. The van der Waals surface area contributed by atoms with Crippen LogP contribution in [-0.2, 0) is 9.47 Å². The van der Waals surface area contributed by atoms with Crippen LogP contribution in [0.5, 0.6) is 0 Å². The maximum atomic E-state index is 5.54. The van der Waals surface area contributed by atoms with Crippen LogP contribution in [0.4, 0.5) is 0 Å². The van der Waals surface area contributed by atoms with Crippen molar-refractivity contribution in [2.24, 2.45) is 0 Å². The summed E-state index contributed by atoms with van der Waals surface area (Å²) in [7, 11) is 5.95. The van der Waals surface area contributed by atoms with Gasteiger partial charge in [-0.1, -0.05) is 0 Å². The topological polar surface area (TPSA) is 21.7 Å². The molecule has 1 aromatic carbocycles. The molecule has 0 N–H and O–H groups in total. The van der Waals surface area contributed by atoms with Gasteiger partial charge in [0.2, 0.25) is 0 Å². The summed E-state index contributed by atoms with van der Waals surface area (Å²) in [6, 6.07) is 9.13. The zero-order chi connectivity index (χ0) is 14.3. The van der Waals surface area contributed by atoms with E-state index >= 15 is 0 Å². The average molecular weight is 330 g/mol. The number of benzene rings is 1. The Morgan fingerprint density at radius 1 is 1.26 bits per heavy atom. The van der Waals surface area contributed by atoms with Crippen LogP contribution in [0.3, 0.4) is 0 Å². The van der Waals surface area contributed by atoms with Crippen LogP contribution in [0, 0.1) is 0 Å². The van der Waals surface area contributed by atoms with Crippen molar-refractivity contribution in [3.05, 3.63) is 29.8 Å². The molecule has 108 valence electrons. The van der Waals surface area contributed by atoms with Crippen molar-refractivity contribution >= 4 is 19.4 Å². The predicted molar refractivity (Wildman–Crippen MR) is 81.2 cm³/mol. The summed E-state index contributed by atoms with van der Waals surface area (Å²) in [5.74, 6) is 0. The second kappa shape index (κ2) is 8.72. The average Bonchev–Trinajstić information content (AvgIpc) is 2.42. The van der Waals surface area contributed by atoms with Crippen molar-refractivity contribution in [2.75, 3.05) is 27.8 Å². The normalized spacial score (nSPS) is 14.6. The van der Waals surface area contributed by atoms with Gasteiger partial charge < -0.3 is 0 Å². The number of nitrogens with zero attached hydrogens (tertiary/aromatic N) is 1. The van der Waals surface area contributed by atoms with E-state index in [0.717, 1.165) is 5.32 Å². The van der Waals surface area contributed by atoms with Gasteiger partial charge >= 0.3 is 123 Å². The minimum absolute atomic E-state index is 0.0762. The molecule has 1 rings (SSSR count). The van der Waals surface area contributed by atoms with Gasteiger partial charge in [-0.2, -0.15) is 0 Å². The van der Waals surface area contributed by atoms with Gasteiger partial charge in [-0.25, -0.2) is 0 Å². The van der Waals surface area contributed by atoms with E-state index in [4.69, 9.17) is 9.47 Å². The molecule has 4 heteroatoms. The van der Waals surface area contributed by atoms with E-state index in [9.17, 15) is 0 Å². The van der Waals surface area contributed by atoms with Crippen molar-refractivity contribution in [2.45, 2.75) is 31.5 Å². The van der Waals surface area contributed by atoms with E-state index < -0.39 is 0 Å². The Balaban J connectivity index is 2.72. The summed E-state index contributed by atoms with van der Waals surface area (Å²) in [5.41, 5.74) is 1.42. The first-order valence-corrected chi connectivity index (χ1v) is 8.69. The zero-order valence-corrected chi connectivity index (χ0v) is 14.3. The zero-order valence-electron chi connectivity index (χ0n) is 12.6. The minimum atomic E-state index is -0.0762. The standard InChI is InChI=1S/C15H25NO2Se/c1-6-18-15(17-5)11-19-14-10-8-7-9-13(14)12(2)16(3)4/h7-10,12,15H,6,11H2,1-5H3/t12-,15-/m1/s1. The SMILES string of the molecule is CCO[C@H](C[Se]c1ccccc1[C@@H](C)N(C)C)OC. The Morgan fingerprint density at radius 2 is 1.95 bits per heavy atom.